The van der Waals surface area contributed by atoms with Gasteiger partial charge in [0.05, 0.1) is 29.2 Å². The molecule has 1 N–H and O–H groups in total. The third-order valence-electron chi connectivity index (χ3n) is 5.03. The molecular weight excluding hydrogens is 422 g/mol. The van der Waals surface area contributed by atoms with E-state index in [1.165, 1.54) is 13.2 Å². The van der Waals surface area contributed by atoms with E-state index in [0.29, 0.717) is 22.0 Å². The lowest BCUT2D eigenvalue weighted by molar-refractivity contribution is -0.128. The summed E-state index contributed by atoms with van der Waals surface area (Å²) in [6.07, 6.45) is -1.46. The fourth-order valence-corrected chi connectivity index (χ4v) is 5.08. The number of phenolic OH excluding ortho intramolecular Hbond substituents is 1. The van der Waals surface area contributed by atoms with Gasteiger partial charge in [-0.1, -0.05) is 0 Å². The van der Waals surface area contributed by atoms with Crippen LogP contribution in [0.25, 0.3) is 0 Å². The molecule has 0 unspecified atom stereocenters. The minimum absolute atomic E-state index is 0.0199. The van der Waals surface area contributed by atoms with Crippen LogP contribution in [0.5, 0.6) is 17.2 Å². The number of methoxy groups -OCH3 is 1. The van der Waals surface area contributed by atoms with Crippen molar-refractivity contribution in [1.29, 1.82) is 0 Å². The second-order valence-electron chi connectivity index (χ2n) is 8.32. The number of ether oxygens (including phenoxy) is 3. The highest BCUT2D eigenvalue weighted by Crippen LogP contribution is 2.51. The van der Waals surface area contributed by atoms with Crippen LogP contribution < -0.4 is 9.47 Å². The molecule has 0 radical (unpaired) electrons. The Morgan fingerprint density at radius 2 is 1.87 bits per heavy atom. The number of benzene rings is 2. The maximum atomic E-state index is 13.4. The Balaban J connectivity index is 1.78. The van der Waals surface area contributed by atoms with Crippen molar-refractivity contribution in [2.24, 2.45) is 0 Å². The van der Waals surface area contributed by atoms with Crippen LogP contribution in [0.15, 0.2) is 46.2 Å². The van der Waals surface area contributed by atoms with E-state index in [9.17, 15) is 18.9 Å². The molecule has 2 heterocycles. The van der Waals surface area contributed by atoms with Gasteiger partial charge >= 0.3 is 6.09 Å². The topological polar surface area (TPSA) is 102 Å². The number of amides is 2. The first-order valence-corrected chi connectivity index (χ1v) is 10.9. The third kappa shape index (κ3) is 3.74. The maximum absolute atomic E-state index is 13.4. The molecule has 0 bridgehead atoms. The number of carbonyl (C=O) groups excluding carboxylic acids is 2. The molecule has 1 saturated heterocycles. The predicted octanol–water partition coefficient (Wildman–Crippen LogP) is 3.54. The third-order valence-corrected chi connectivity index (χ3v) is 6.53. The first kappa shape index (κ1) is 21.2. The number of hydrogen-bond acceptors (Lipinski definition) is 7. The van der Waals surface area contributed by atoms with Crippen LogP contribution >= 0.6 is 0 Å². The van der Waals surface area contributed by atoms with Crippen molar-refractivity contribution in [3.63, 3.8) is 0 Å². The SMILES string of the molecule is COc1ccc([S@](=O)c2c(O)ccc3c2[C@H]2[C@H](CC(=O)N2C(=O)OC(C)(C)C)O3)cc1. The zero-order chi connectivity index (χ0) is 22.5. The number of imide groups is 1. The van der Waals surface area contributed by atoms with Gasteiger partial charge in [0.2, 0.25) is 5.91 Å². The van der Waals surface area contributed by atoms with Gasteiger partial charge in [0.25, 0.3) is 0 Å². The van der Waals surface area contributed by atoms with Gasteiger partial charge < -0.3 is 19.3 Å². The van der Waals surface area contributed by atoms with E-state index in [0.717, 1.165) is 4.90 Å². The smallest absolute Gasteiger partial charge is 0.417 e. The second kappa shape index (κ2) is 7.56. The number of nitrogens with zero attached hydrogens (tertiary/aromatic N) is 1. The summed E-state index contributed by atoms with van der Waals surface area (Å²) in [6.45, 7) is 5.12. The summed E-state index contributed by atoms with van der Waals surface area (Å²) >= 11 is 0. The van der Waals surface area contributed by atoms with Crippen LogP contribution in [0.2, 0.25) is 0 Å². The molecule has 2 aliphatic rings. The summed E-state index contributed by atoms with van der Waals surface area (Å²) in [5.74, 6) is 0.329. The minimum atomic E-state index is -1.79. The van der Waals surface area contributed by atoms with Crippen LogP contribution in [-0.2, 0) is 20.3 Å². The Labute approximate surface area is 182 Å². The highest BCUT2D eigenvalue weighted by atomic mass is 32.2. The van der Waals surface area contributed by atoms with Gasteiger partial charge in [-0.2, -0.15) is 0 Å². The first-order valence-electron chi connectivity index (χ1n) is 9.74. The zero-order valence-corrected chi connectivity index (χ0v) is 18.4. The average molecular weight is 445 g/mol. The molecule has 3 atom stereocenters. The van der Waals surface area contributed by atoms with Crippen molar-refractivity contribution in [1.82, 2.24) is 4.90 Å². The predicted molar refractivity (Wildman–Crippen MR) is 111 cm³/mol. The highest BCUT2D eigenvalue weighted by molar-refractivity contribution is 7.85. The molecule has 1 fully saturated rings. The number of fused-ring (bicyclic) bond motifs is 3. The molecule has 2 aromatic rings. The van der Waals surface area contributed by atoms with Crippen molar-refractivity contribution >= 4 is 22.8 Å². The Morgan fingerprint density at radius 1 is 1.19 bits per heavy atom. The number of likely N-dealkylation sites (tertiary alicyclic amines) is 1. The number of rotatable bonds is 3. The fraction of sp³-hybridized carbons (Fsp3) is 0.364. The van der Waals surface area contributed by atoms with Crippen molar-refractivity contribution in [3.8, 4) is 17.2 Å². The Bertz CT molecular complexity index is 1070. The van der Waals surface area contributed by atoms with E-state index < -0.39 is 40.5 Å². The Hall–Kier alpha value is -3.07. The second-order valence-corrected chi connectivity index (χ2v) is 9.74. The molecule has 0 aromatic heterocycles. The molecule has 8 nitrogen and oxygen atoms in total. The normalized spacial score (nSPS) is 20.6. The molecule has 4 rings (SSSR count). The fourth-order valence-electron chi connectivity index (χ4n) is 3.78. The van der Waals surface area contributed by atoms with E-state index in [1.807, 2.05) is 0 Å². The van der Waals surface area contributed by atoms with E-state index in [4.69, 9.17) is 14.2 Å². The van der Waals surface area contributed by atoms with Gasteiger partial charge in [-0.25, -0.2) is 13.9 Å². The summed E-state index contributed by atoms with van der Waals surface area (Å²) in [7, 11) is -0.264. The molecule has 0 saturated carbocycles. The van der Waals surface area contributed by atoms with Crippen LogP contribution in [0, 0.1) is 0 Å². The van der Waals surface area contributed by atoms with Gasteiger partial charge in [0, 0.05) is 10.5 Å². The van der Waals surface area contributed by atoms with E-state index in [2.05, 4.69) is 0 Å². The Morgan fingerprint density at radius 3 is 2.48 bits per heavy atom. The molecule has 164 valence electrons. The summed E-state index contributed by atoms with van der Waals surface area (Å²) in [4.78, 5) is 27.0. The number of carbonyl (C=O) groups is 2. The largest absolute Gasteiger partial charge is 0.507 e. The maximum Gasteiger partial charge on any atom is 0.417 e. The molecule has 0 spiro atoms. The summed E-state index contributed by atoms with van der Waals surface area (Å²) in [5, 5.41) is 10.6. The number of hydrogen-bond donors (Lipinski definition) is 1. The van der Waals surface area contributed by atoms with Gasteiger partial charge in [-0.15, -0.1) is 0 Å². The van der Waals surface area contributed by atoms with Crippen LogP contribution in [0.1, 0.15) is 38.8 Å². The van der Waals surface area contributed by atoms with Crippen molar-refractivity contribution in [2.75, 3.05) is 7.11 Å². The summed E-state index contributed by atoms with van der Waals surface area (Å²) < 4.78 is 29.9. The van der Waals surface area contributed by atoms with Gasteiger partial charge in [-0.05, 0) is 57.2 Å². The Kier molecular flexibility index (Phi) is 5.17. The highest BCUT2D eigenvalue weighted by Gasteiger charge is 2.53. The minimum Gasteiger partial charge on any atom is -0.507 e. The lowest BCUT2D eigenvalue weighted by atomic mass is 10.0. The quantitative estimate of drug-likeness (QED) is 0.771. The molecule has 31 heavy (non-hydrogen) atoms. The van der Waals surface area contributed by atoms with Gasteiger partial charge in [-0.3, -0.25) is 4.79 Å². The first-order chi connectivity index (χ1) is 14.6. The van der Waals surface area contributed by atoms with Crippen LogP contribution in [-0.4, -0.2) is 45.0 Å². The van der Waals surface area contributed by atoms with E-state index in [1.54, 1.807) is 51.1 Å². The van der Waals surface area contributed by atoms with Crippen LogP contribution in [0.4, 0.5) is 4.79 Å². The van der Waals surface area contributed by atoms with Gasteiger partial charge in [0.15, 0.2) is 0 Å². The van der Waals surface area contributed by atoms with E-state index >= 15 is 0 Å². The summed E-state index contributed by atoms with van der Waals surface area (Å²) in [5.41, 5.74) is -0.443. The lowest BCUT2D eigenvalue weighted by Crippen LogP contribution is -2.39. The molecule has 2 amide bonds. The average Bonchev–Trinajstić information content (AvgIpc) is 3.20. The van der Waals surface area contributed by atoms with E-state index in [-0.39, 0.29) is 17.1 Å². The van der Waals surface area contributed by atoms with Crippen LogP contribution in [0.3, 0.4) is 0 Å². The zero-order valence-electron chi connectivity index (χ0n) is 17.6. The van der Waals surface area contributed by atoms with Gasteiger partial charge in [0.1, 0.15) is 35.0 Å². The standard InChI is InChI=1S/C22H23NO7S/c1-22(2,3)30-21(26)23-17(25)11-16-19(23)18-15(29-16)10-9-14(24)20(18)31(27)13-7-5-12(28-4)6-8-13/h5-10,16,19,24H,11H2,1-4H3/t16-,19+,31-/m0/s1. The molecule has 2 aliphatic heterocycles. The molecule has 9 heteroatoms. The van der Waals surface area contributed by atoms with Crippen molar-refractivity contribution < 1.29 is 33.1 Å². The summed E-state index contributed by atoms with van der Waals surface area (Å²) in [6, 6.07) is 8.71. The number of phenols is 1. The molecular formula is C22H23NO7S. The van der Waals surface area contributed by atoms with Crippen molar-refractivity contribution in [3.05, 3.63) is 42.0 Å². The number of aromatic hydroxyl groups is 1. The monoisotopic (exact) mass is 445 g/mol. The van der Waals surface area contributed by atoms with Crippen molar-refractivity contribution in [2.45, 2.75) is 54.7 Å². The molecule has 0 aliphatic carbocycles. The molecule has 2 aromatic carbocycles. The lowest BCUT2D eigenvalue weighted by Gasteiger charge is -2.27.